The topological polar surface area (TPSA) is 30.9 Å². The van der Waals surface area contributed by atoms with Gasteiger partial charge in [0.25, 0.3) is 0 Å². The van der Waals surface area contributed by atoms with E-state index < -0.39 is 0 Å². The van der Waals surface area contributed by atoms with Gasteiger partial charge in [0, 0.05) is 23.7 Å². The lowest BCUT2D eigenvalue weighted by atomic mass is 10.2. The number of aromatic nitrogens is 1. The molecule has 1 heterocycles. The van der Waals surface area contributed by atoms with Crippen molar-refractivity contribution in [1.82, 2.24) is 4.57 Å². The first-order valence-electron chi connectivity index (χ1n) is 5.17. The van der Waals surface area contributed by atoms with Gasteiger partial charge in [0.2, 0.25) is 0 Å². The standard InChI is InChI=1S/C12H15FN2/c1-3-15-11(8(2)14)6-9-4-5-10(13)7-12(9)15/h4-8H,3,14H2,1-2H3. The van der Waals surface area contributed by atoms with Gasteiger partial charge >= 0.3 is 0 Å². The maximum atomic E-state index is 13.1. The minimum absolute atomic E-state index is 0.0274. The summed E-state index contributed by atoms with van der Waals surface area (Å²) in [7, 11) is 0. The van der Waals surface area contributed by atoms with Crippen molar-refractivity contribution < 1.29 is 4.39 Å². The van der Waals surface area contributed by atoms with E-state index in [-0.39, 0.29) is 11.9 Å². The summed E-state index contributed by atoms with van der Waals surface area (Å²) in [6.07, 6.45) is 0. The first-order chi connectivity index (χ1) is 7.13. The summed E-state index contributed by atoms with van der Waals surface area (Å²) < 4.78 is 15.2. The maximum absolute atomic E-state index is 13.1. The predicted molar refractivity (Wildman–Crippen MR) is 60.2 cm³/mol. The van der Waals surface area contributed by atoms with Crippen LogP contribution < -0.4 is 5.73 Å². The van der Waals surface area contributed by atoms with Crippen molar-refractivity contribution in [2.45, 2.75) is 26.4 Å². The molecule has 2 aromatic rings. The number of aryl methyl sites for hydroxylation is 1. The number of hydrogen-bond donors (Lipinski definition) is 1. The number of fused-ring (bicyclic) bond motifs is 1. The van der Waals surface area contributed by atoms with Gasteiger partial charge in [0.15, 0.2) is 0 Å². The lowest BCUT2D eigenvalue weighted by Crippen LogP contribution is -2.11. The summed E-state index contributed by atoms with van der Waals surface area (Å²) in [6.45, 7) is 4.79. The monoisotopic (exact) mass is 206 g/mol. The summed E-state index contributed by atoms with van der Waals surface area (Å²) in [6, 6.07) is 6.84. The molecule has 0 bridgehead atoms. The highest BCUT2D eigenvalue weighted by molar-refractivity contribution is 5.81. The summed E-state index contributed by atoms with van der Waals surface area (Å²) in [5, 5.41) is 1.05. The molecule has 0 spiro atoms. The molecule has 1 aromatic carbocycles. The molecule has 0 saturated carbocycles. The van der Waals surface area contributed by atoms with Crippen LogP contribution in [0.5, 0.6) is 0 Å². The molecule has 0 saturated heterocycles. The fourth-order valence-corrected chi connectivity index (χ4v) is 1.98. The van der Waals surface area contributed by atoms with Gasteiger partial charge in [-0.15, -0.1) is 0 Å². The van der Waals surface area contributed by atoms with E-state index in [4.69, 9.17) is 5.73 Å². The molecular formula is C12H15FN2. The van der Waals surface area contributed by atoms with Gasteiger partial charge in [-0.2, -0.15) is 0 Å². The Morgan fingerprint density at radius 2 is 2.13 bits per heavy atom. The van der Waals surface area contributed by atoms with Crippen molar-refractivity contribution in [2.75, 3.05) is 0 Å². The minimum Gasteiger partial charge on any atom is -0.343 e. The first-order valence-corrected chi connectivity index (χ1v) is 5.17. The van der Waals surface area contributed by atoms with Crippen molar-refractivity contribution in [3.8, 4) is 0 Å². The Hall–Kier alpha value is -1.35. The highest BCUT2D eigenvalue weighted by Gasteiger charge is 2.10. The number of rotatable bonds is 2. The van der Waals surface area contributed by atoms with E-state index in [1.807, 2.05) is 19.9 Å². The largest absolute Gasteiger partial charge is 0.343 e. The van der Waals surface area contributed by atoms with Gasteiger partial charge in [-0.05, 0) is 38.1 Å². The van der Waals surface area contributed by atoms with Crippen molar-refractivity contribution in [1.29, 1.82) is 0 Å². The van der Waals surface area contributed by atoms with E-state index in [0.29, 0.717) is 0 Å². The quantitative estimate of drug-likeness (QED) is 0.804. The second-order valence-electron chi connectivity index (χ2n) is 3.81. The van der Waals surface area contributed by atoms with Crippen LogP contribution in [0.25, 0.3) is 10.9 Å². The normalized spacial score (nSPS) is 13.3. The van der Waals surface area contributed by atoms with E-state index in [2.05, 4.69) is 4.57 Å². The molecule has 0 aliphatic heterocycles. The van der Waals surface area contributed by atoms with Crippen LogP contribution in [-0.2, 0) is 6.54 Å². The predicted octanol–water partition coefficient (Wildman–Crippen LogP) is 2.82. The summed E-state index contributed by atoms with van der Waals surface area (Å²) >= 11 is 0. The molecule has 0 fully saturated rings. The maximum Gasteiger partial charge on any atom is 0.125 e. The second kappa shape index (κ2) is 3.66. The van der Waals surface area contributed by atoms with Crippen LogP contribution in [0.3, 0.4) is 0 Å². The molecule has 80 valence electrons. The molecule has 0 aliphatic carbocycles. The zero-order valence-corrected chi connectivity index (χ0v) is 9.00. The lowest BCUT2D eigenvalue weighted by molar-refractivity contribution is 0.626. The third-order valence-corrected chi connectivity index (χ3v) is 2.68. The Bertz CT molecular complexity index is 486. The number of benzene rings is 1. The first kappa shape index (κ1) is 10.2. The molecule has 1 unspecified atom stereocenters. The Morgan fingerprint density at radius 1 is 1.40 bits per heavy atom. The highest BCUT2D eigenvalue weighted by Crippen LogP contribution is 2.24. The summed E-state index contributed by atoms with van der Waals surface area (Å²) in [4.78, 5) is 0. The van der Waals surface area contributed by atoms with E-state index in [0.717, 1.165) is 23.1 Å². The number of nitrogens with two attached hydrogens (primary N) is 1. The van der Waals surface area contributed by atoms with E-state index >= 15 is 0 Å². The van der Waals surface area contributed by atoms with Gasteiger partial charge in [0.05, 0.1) is 5.52 Å². The SMILES string of the molecule is CCn1c(C(C)N)cc2ccc(F)cc21. The molecule has 3 heteroatoms. The molecule has 0 amide bonds. The zero-order chi connectivity index (χ0) is 11.0. The number of hydrogen-bond acceptors (Lipinski definition) is 1. The Balaban J connectivity index is 2.74. The van der Waals surface area contributed by atoms with Crippen LogP contribution >= 0.6 is 0 Å². The van der Waals surface area contributed by atoms with Crippen molar-refractivity contribution in [3.63, 3.8) is 0 Å². The zero-order valence-electron chi connectivity index (χ0n) is 9.00. The average Bonchev–Trinajstić information content (AvgIpc) is 2.55. The molecule has 2 nitrogen and oxygen atoms in total. The van der Waals surface area contributed by atoms with Gasteiger partial charge in [-0.25, -0.2) is 4.39 Å². The van der Waals surface area contributed by atoms with Crippen LogP contribution in [0, 0.1) is 5.82 Å². The van der Waals surface area contributed by atoms with Gasteiger partial charge < -0.3 is 10.3 Å². The van der Waals surface area contributed by atoms with Crippen molar-refractivity contribution in [2.24, 2.45) is 5.73 Å². The Kier molecular flexibility index (Phi) is 2.49. The third kappa shape index (κ3) is 1.63. The van der Waals surface area contributed by atoms with Crippen LogP contribution in [0.2, 0.25) is 0 Å². The number of nitrogens with zero attached hydrogens (tertiary/aromatic N) is 1. The molecule has 2 N–H and O–H groups in total. The van der Waals surface area contributed by atoms with Crippen molar-refractivity contribution in [3.05, 3.63) is 35.8 Å². The van der Waals surface area contributed by atoms with Gasteiger partial charge in [-0.1, -0.05) is 0 Å². The average molecular weight is 206 g/mol. The Labute approximate surface area is 88.5 Å². The molecule has 1 aromatic heterocycles. The fourth-order valence-electron chi connectivity index (χ4n) is 1.98. The van der Waals surface area contributed by atoms with Crippen LogP contribution in [-0.4, -0.2) is 4.57 Å². The second-order valence-corrected chi connectivity index (χ2v) is 3.81. The minimum atomic E-state index is -0.202. The van der Waals surface area contributed by atoms with E-state index in [1.54, 1.807) is 12.1 Å². The third-order valence-electron chi connectivity index (χ3n) is 2.68. The molecule has 2 rings (SSSR count). The van der Waals surface area contributed by atoms with Gasteiger partial charge in [-0.3, -0.25) is 0 Å². The molecule has 0 aliphatic rings. The molecule has 1 atom stereocenters. The highest BCUT2D eigenvalue weighted by atomic mass is 19.1. The van der Waals surface area contributed by atoms with Gasteiger partial charge in [0.1, 0.15) is 5.82 Å². The van der Waals surface area contributed by atoms with Crippen LogP contribution in [0.1, 0.15) is 25.6 Å². The lowest BCUT2D eigenvalue weighted by Gasteiger charge is -2.10. The smallest absolute Gasteiger partial charge is 0.125 e. The Morgan fingerprint density at radius 3 is 2.73 bits per heavy atom. The van der Waals surface area contributed by atoms with Crippen molar-refractivity contribution >= 4 is 10.9 Å². The fraction of sp³-hybridized carbons (Fsp3) is 0.333. The summed E-state index contributed by atoms with van der Waals surface area (Å²) in [5.74, 6) is -0.202. The molecule has 0 radical (unpaired) electrons. The molecular weight excluding hydrogens is 191 g/mol. The number of halogens is 1. The van der Waals surface area contributed by atoms with Crippen LogP contribution in [0.4, 0.5) is 4.39 Å². The van der Waals surface area contributed by atoms with Crippen LogP contribution in [0.15, 0.2) is 24.3 Å². The van der Waals surface area contributed by atoms with E-state index in [9.17, 15) is 4.39 Å². The summed E-state index contributed by atoms with van der Waals surface area (Å²) in [5.41, 5.74) is 7.85. The molecule has 15 heavy (non-hydrogen) atoms. The van der Waals surface area contributed by atoms with E-state index in [1.165, 1.54) is 6.07 Å².